The minimum absolute atomic E-state index is 0. The van der Waals surface area contributed by atoms with E-state index < -0.39 is 15.9 Å². The van der Waals surface area contributed by atoms with Crippen molar-refractivity contribution in [1.29, 1.82) is 0 Å². The third-order valence-electron chi connectivity index (χ3n) is 2.90. The number of rotatable bonds is 5. The van der Waals surface area contributed by atoms with Crippen molar-refractivity contribution in [2.45, 2.75) is 12.8 Å². The van der Waals surface area contributed by atoms with Crippen molar-refractivity contribution < 1.29 is 73.9 Å². The summed E-state index contributed by atoms with van der Waals surface area (Å²) in [7, 11) is -4.24. The molecule has 1 heterocycles. The molecule has 0 atom stereocenters. The first-order chi connectivity index (χ1) is 8.90. The summed E-state index contributed by atoms with van der Waals surface area (Å²) >= 11 is 0. The van der Waals surface area contributed by atoms with Gasteiger partial charge in [-0.25, -0.2) is 8.42 Å². The summed E-state index contributed by atoms with van der Waals surface area (Å²) in [5.74, 6) is -1.22. The third kappa shape index (κ3) is 4.20. The molecule has 2 amide bonds. The SMILES string of the molecule is O=C1c2ccccc2C(=O)N1CCCCS(=O)(=O)[O-].[K+]. The normalized spacial score (nSPS) is 14.2. The summed E-state index contributed by atoms with van der Waals surface area (Å²) in [6.45, 7) is 0.127. The summed E-state index contributed by atoms with van der Waals surface area (Å²) in [5, 5.41) is 0. The number of carbonyl (C=O) groups is 2. The maximum Gasteiger partial charge on any atom is 1.00 e. The van der Waals surface area contributed by atoms with E-state index in [0.29, 0.717) is 17.5 Å². The van der Waals surface area contributed by atoms with Crippen molar-refractivity contribution in [3.63, 3.8) is 0 Å². The Labute approximate surface area is 159 Å². The number of hydrogen-bond donors (Lipinski definition) is 0. The molecule has 1 aromatic carbocycles. The van der Waals surface area contributed by atoms with Crippen LogP contribution >= 0.6 is 0 Å². The van der Waals surface area contributed by atoms with Gasteiger partial charge in [0.15, 0.2) is 0 Å². The van der Waals surface area contributed by atoms with Crippen molar-refractivity contribution in [1.82, 2.24) is 4.90 Å². The van der Waals surface area contributed by atoms with Crippen LogP contribution in [0.4, 0.5) is 0 Å². The van der Waals surface area contributed by atoms with Gasteiger partial charge in [-0.3, -0.25) is 14.5 Å². The minimum Gasteiger partial charge on any atom is -0.748 e. The number of carbonyl (C=O) groups excluding carboxylic acids is 2. The van der Waals surface area contributed by atoms with E-state index in [1.807, 2.05) is 0 Å². The number of unbranched alkanes of at least 4 members (excludes halogenated alkanes) is 1. The van der Waals surface area contributed by atoms with Gasteiger partial charge >= 0.3 is 51.4 Å². The van der Waals surface area contributed by atoms with Crippen LogP contribution in [0.25, 0.3) is 0 Å². The molecule has 0 fully saturated rings. The number of fused-ring (bicyclic) bond motifs is 1. The zero-order chi connectivity index (χ0) is 14.0. The van der Waals surface area contributed by atoms with E-state index in [2.05, 4.69) is 0 Å². The summed E-state index contributed by atoms with van der Waals surface area (Å²) in [6.07, 6.45) is 0.437. The van der Waals surface area contributed by atoms with E-state index in [4.69, 9.17) is 0 Å². The molecule has 0 aromatic heterocycles. The molecule has 2 rings (SSSR count). The molecule has 102 valence electrons. The van der Waals surface area contributed by atoms with E-state index in [1.165, 1.54) is 0 Å². The van der Waals surface area contributed by atoms with E-state index >= 15 is 0 Å². The second-order valence-corrected chi connectivity index (χ2v) is 5.80. The van der Waals surface area contributed by atoms with Crippen LogP contribution in [0.5, 0.6) is 0 Å². The van der Waals surface area contributed by atoms with Gasteiger partial charge in [0.2, 0.25) is 0 Å². The Balaban J connectivity index is 0.00000200. The Morgan fingerprint density at radius 3 is 1.95 bits per heavy atom. The predicted octanol–water partition coefficient (Wildman–Crippen LogP) is -2.39. The second kappa shape index (κ2) is 7.25. The van der Waals surface area contributed by atoms with Crippen molar-refractivity contribution in [2.75, 3.05) is 12.3 Å². The Kier molecular flexibility index (Phi) is 6.51. The van der Waals surface area contributed by atoms with Gasteiger partial charge in [0.1, 0.15) is 0 Å². The zero-order valence-electron chi connectivity index (χ0n) is 11.0. The number of nitrogens with zero attached hydrogens (tertiary/aromatic N) is 1. The number of imide groups is 1. The average Bonchev–Trinajstić information content (AvgIpc) is 2.58. The molecule has 0 saturated heterocycles. The molecule has 0 radical (unpaired) electrons. The fourth-order valence-corrected chi connectivity index (χ4v) is 2.55. The summed E-state index contributed by atoms with van der Waals surface area (Å²) in [6, 6.07) is 6.52. The molecule has 1 aliphatic rings. The van der Waals surface area contributed by atoms with Crippen LogP contribution in [-0.2, 0) is 10.1 Å². The fourth-order valence-electron chi connectivity index (χ4n) is 1.99. The molecule has 1 aromatic rings. The predicted molar refractivity (Wildman–Crippen MR) is 65.6 cm³/mol. The fraction of sp³-hybridized carbons (Fsp3) is 0.333. The molecule has 0 bridgehead atoms. The third-order valence-corrected chi connectivity index (χ3v) is 3.69. The largest absolute Gasteiger partial charge is 1.00 e. The first kappa shape index (κ1) is 18.0. The van der Waals surface area contributed by atoms with E-state index in [9.17, 15) is 22.6 Å². The van der Waals surface area contributed by atoms with Gasteiger partial charge in [0.05, 0.1) is 21.2 Å². The van der Waals surface area contributed by atoms with Crippen molar-refractivity contribution in [2.24, 2.45) is 0 Å². The van der Waals surface area contributed by atoms with Crippen LogP contribution in [0.15, 0.2) is 24.3 Å². The van der Waals surface area contributed by atoms with Gasteiger partial charge in [0.25, 0.3) is 11.8 Å². The maximum atomic E-state index is 11.9. The van der Waals surface area contributed by atoms with Crippen LogP contribution in [-0.4, -0.2) is 42.0 Å². The Hall–Kier alpha value is -0.0936. The standard InChI is InChI=1S/C12H13NO5S.K/c14-11-9-5-1-2-6-10(9)12(15)13(11)7-3-4-8-19(16,17)18;/h1-2,5-6H,3-4,7-8H2,(H,16,17,18);/q;+1/p-1. The molecule has 0 aliphatic carbocycles. The van der Waals surface area contributed by atoms with Crippen molar-refractivity contribution >= 4 is 21.9 Å². The number of amides is 2. The van der Waals surface area contributed by atoms with Gasteiger partial charge in [-0.2, -0.15) is 0 Å². The summed E-state index contributed by atoms with van der Waals surface area (Å²) < 4.78 is 31.3. The molecule has 0 saturated carbocycles. The van der Waals surface area contributed by atoms with Crippen LogP contribution < -0.4 is 51.4 Å². The monoisotopic (exact) mass is 321 g/mol. The molecule has 0 N–H and O–H groups in total. The van der Waals surface area contributed by atoms with Crippen molar-refractivity contribution in [3.8, 4) is 0 Å². The minimum atomic E-state index is -4.24. The summed E-state index contributed by atoms with van der Waals surface area (Å²) in [5.41, 5.74) is 0.730. The Bertz CT molecular complexity index is 593. The molecule has 1 aliphatic heterocycles. The van der Waals surface area contributed by atoms with Crippen LogP contribution in [0.1, 0.15) is 33.6 Å². The van der Waals surface area contributed by atoms with E-state index in [1.54, 1.807) is 24.3 Å². The summed E-state index contributed by atoms with van der Waals surface area (Å²) in [4.78, 5) is 24.9. The van der Waals surface area contributed by atoms with E-state index in [0.717, 1.165) is 4.90 Å². The molecule has 0 spiro atoms. The topological polar surface area (TPSA) is 94.6 Å². The van der Waals surface area contributed by atoms with Gasteiger partial charge < -0.3 is 4.55 Å². The average molecular weight is 321 g/mol. The van der Waals surface area contributed by atoms with Crippen LogP contribution in [0, 0.1) is 0 Å². The van der Waals surface area contributed by atoms with Gasteiger partial charge in [-0.15, -0.1) is 0 Å². The molecule has 0 unspecified atom stereocenters. The second-order valence-electron chi connectivity index (χ2n) is 4.28. The van der Waals surface area contributed by atoms with Crippen LogP contribution in [0.2, 0.25) is 0 Å². The Morgan fingerprint density at radius 1 is 1.00 bits per heavy atom. The van der Waals surface area contributed by atoms with E-state index in [-0.39, 0.29) is 76.2 Å². The molecular weight excluding hydrogens is 309 g/mol. The number of benzene rings is 1. The van der Waals surface area contributed by atoms with Gasteiger partial charge in [-0.1, -0.05) is 12.1 Å². The van der Waals surface area contributed by atoms with Gasteiger partial charge in [0, 0.05) is 12.3 Å². The van der Waals surface area contributed by atoms with Crippen molar-refractivity contribution in [3.05, 3.63) is 35.4 Å². The van der Waals surface area contributed by atoms with Gasteiger partial charge in [-0.05, 0) is 25.0 Å². The smallest absolute Gasteiger partial charge is 0.748 e. The molecule has 8 heteroatoms. The Morgan fingerprint density at radius 2 is 1.50 bits per heavy atom. The first-order valence-corrected chi connectivity index (χ1v) is 7.37. The maximum absolute atomic E-state index is 11.9. The quantitative estimate of drug-likeness (QED) is 0.261. The zero-order valence-corrected chi connectivity index (χ0v) is 15.0. The first-order valence-electron chi connectivity index (χ1n) is 5.79. The number of hydrogen-bond acceptors (Lipinski definition) is 5. The molecule has 20 heavy (non-hydrogen) atoms. The molecule has 6 nitrogen and oxygen atoms in total. The molecular formula is C12H12KNO5S. The van der Waals surface area contributed by atoms with Crippen LogP contribution in [0.3, 0.4) is 0 Å².